The van der Waals surface area contributed by atoms with Gasteiger partial charge in [0.25, 0.3) is 0 Å². The SMILES string of the molecule is CCCCCCCCC=CCCCCCCC[C@H](CC(=O)O)OC1CCCCO1. The minimum absolute atomic E-state index is 0.0866. The van der Waals surface area contributed by atoms with Crippen molar-refractivity contribution in [3.8, 4) is 0 Å². The first-order chi connectivity index (χ1) is 14.2. The Labute approximate surface area is 179 Å². The van der Waals surface area contributed by atoms with Crippen LogP contribution in [-0.4, -0.2) is 30.1 Å². The van der Waals surface area contributed by atoms with Crippen molar-refractivity contribution in [2.75, 3.05) is 6.61 Å². The van der Waals surface area contributed by atoms with Crippen LogP contribution in [0.5, 0.6) is 0 Å². The van der Waals surface area contributed by atoms with E-state index in [2.05, 4.69) is 19.1 Å². The number of hydrogen-bond donors (Lipinski definition) is 1. The number of ether oxygens (including phenoxy) is 2. The van der Waals surface area contributed by atoms with Crippen molar-refractivity contribution in [2.45, 2.75) is 135 Å². The summed E-state index contributed by atoms with van der Waals surface area (Å²) in [4.78, 5) is 11.1. The third kappa shape index (κ3) is 16.6. The fraction of sp³-hybridized carbons (Fsp3) is 0.880. The van der Waals surface area contributed by atoms with Crippen molar-refractivity contribution in [1.82, 2.24) is 0 Å². The molecule has 4 heteroatoms. The maximum Gasteiger partial charge on any atom is 0.305 e. The smallest absolute Gasteiger partial charge is 0.305 e. The predicted molar refractivity (Wildman–Crippen MR) is 120 cm³/mol. The first-order valence-electron chi connectivity index (χ1n) is 12.4. The van der Waals surface area contributed by atoms with E-state index in [1.54, 1.807) is 0 Å². The van der Waals surface area contributed by atoms with Crippen LogP contribution in [-0.2, 0) is 14.3 Å². The number of allylic oxidation sites excluding steroid dienone is 2. The van der Waals surface area contributed by atoms with Crippen molar-refractivity contribution >= 4 is 5.97 Å². The molecule has 1 N–H and O–H groups in total. The van der Waals surface area contributed by atoms with Crippen LogP contribution < -0.4 is 0 Å². The van der Waals surface area contributed by atoms with E-state index >= 15 is 0 Å². The van der Waals surface area contributed by atoms with Gasteiger partial charge in [-0.25, -0.2) is 0 Å². The van der Waals surface area contributed by atoms with Crippen LogP contribution in [0, 0.1) is 0 Å². The highest BCUT2D eigenvalue weighted by atomic mass is 16.7. The Morgan fingerprint density at radius 1 is 0.966 bits per heavy atom. The van der Waals surface area contributed by atoms with Gasteiger partial charge in [0.15, 0.2) is 6.29 Å². The van der Waals surface area contributed by atoms with Gasteiger partial charge >= 0.3 is 5.97 Å². The van der Waals surface area contributed by atoms with Gasteiger partial charge in [-0.15, -0.1) is 0 Å². The average Bonchev–Trinajstić information content (AvgIpc) is 2.71. The molecule has 0 aromatic carbocycles. The van der Waals surface area contributed by atoms with Gasteiger partial charge in [0.1, 0.15) is 0 Å². The Morgan fingerprint density at radius 3 is 2.17 bits per heavy atom. The highest BCUT2D eigenvalue weighted by Crippen LogP contribution is 2.20. The van der Waals surface area contributed by atoms with E-state index in [1.165, 1.54) is 70.6 Å². The van der Waals surface area contributed by atoms with Gasteiger partial charge < -0.3 is 14.6 Å². The van der Waals surface area contributed by atoms with Crippen LogP contribution in [0.15, 0.2) is 12.2 Å². The molecule has 0 radical (unpaired) electrons. The summed E-state index contributed by atoms with van der Waals surface area (Å²) in [7, 11) is 0. The van der Waals surface area contributed by atoms with Gasteiger partial charge in [0, 0.05) is 6.61 Å². The molecule has 0 saturated carbocycles. The zero-order valence-electron chi connectivity index (χ0n) is 18.9. The van der Waals surface area contributed by atoms with E-state index in [0.717, 1.165) is 45.1 Å². The lowest BCUT2D eigenvalue weighted by molar-refractivity contribution is -0.193. The molecule has 0 aromatic heterocycles. The minimum atomic E-state index is -0.779. The Hall–Kier alpha value is -0.870. The first-order valence-corrected chi connectivity index (χ1v) is 12.4. The second kappa shape index (κ2) is 19.1. The molecular formula is C25H46O4. The summed E-state index contributed by atoms with van der Waals surface area (Å²) in [6, 6.07) is 0. The van der Waals surface area contributed by atoms with Crippen LogP contribution in [0.3, 0.4) is 0 Å². The standard InChI is InChI=1S/C25H46O4/c1-2-3-4-5-6-7-8-9-10-11-12-13-14-15-16-19-23(22-24(26)27)29-25-20-17-18-21-28-25/h9-10,23,25H,2-8,11-22H2,1H3,(H,26,27)/t23-,25?/m1/s1. The lowest BCUT2D eigenvalue weighted by atomic mass is 10.0. The zero-order chi connectivity index (χ0) is 21.0. The number of carboxylic acid groups (broad SMARTS) is 1. The van der Waals surface area contributed by atoms with Gasteiger partial charge in [-0.1, -0.05) is 76.9 Å². The average molecular weight is 411 g/mol. The highest BCUT2D eigenvalue weighted by molar-refractivity contribution is 5.67. The maximum atomic E-state index is 11.1. The summed E-state index contributed by atoms with van der Waals surface area (Å²) in [5.74, 6) is -0.779. The van der Waals surface area contributed by atoms with Crippen molar-refractivity contribution in [1.29, 1.82) is 0 Å². The van der Waals surface area contributed by atoms with E-state index in [-0.39, 0.29) is 18.8 Å². The van der Waals surface area contributed by atoms with Crippen LogP contribution in [0.25, 0.3) is 0 Å². The summed E-state index contributed by atoms with van der Waals surface area (Å²) in [6.07, 6.45) is 24.9. The lowest BCUT2D eigenvalue weighted by Crippen LogP contribution is -2.29. The third-order valence-electron chi connectivity index (χ3n) is 5.67. The zero-order valence-corrected chi connectivity index (χ0v) is 18.9. The molecule has 1 unspecified atom stereocenters. The number of hydrogen-bond acceptors (Lipinski definition) is 3. The van der Waals surface area contributed by atoms with Gasteiger partial charge in [-0.05, 0) is 51.4 Å². The molecule has 29 heavy (non-hydrogen) atoms. The molecule has 1 saturated heterocycles. The van der Waals surface area contributed by atoms with E-state index in [4.69, 9.17) is 14.6 Å². The maximum absolute atomic E-state index is 11.1. The molecule has 0 spiro atoms. The Kier molecular flexibility index (Phi) is 17.2. The molecule has 4 nitrogen and oxygen atoms in total. The van der Waals surface area contributed by atoms with Crippen molar-refractivity contribution in [2.24, 2.45) is 0 Å². The van der Waals surface area contributed by atoms with E-state index in [1.807, 2.05) is 0 Å². The van der Waals surface area contributed by atoms with E-state index in [9.17, 15) is 4.79 Å². The summed E-state index contributed by atoms with van der Waals surface area (Å²) in [5.41, 5.74) is 0. The molecule has 1 aliphatic rings. The highest BCUT2D eigenvalue weighted by Gasteiger charge is 2.21. The largest absolute Gasteiger partial charge is 0.481 e. The molecule has 2 atom stereocenters. The fourth-order valence-electron chi connectivity index (χ4n) is 3.89. The molecule has 0 bridgehead atoms. The monoisotopic (exact) mass is 410 g/mol. The number of unbranched alkanes of at least 4 members (excludes halogenated alkanes) is 11. The Balaban J connectivity index is 1.95. The molecule has 1 aliphatic heterocycles. The molecule has 170 valence electrons. The van der Waals surface area contributed by atoms with Gasteiger partial charge in [0.05, 0.1) is 12.5 Å². The quantitative estimate of drug-likeness (QED) is 0.178. The molecule has 0 amide bonds. The topological polar surface area (TPSA) is 55.8 Å². The van der Waals surface area contributed by atoms with Crippen LogP contribution in [0.2, 0.25) is 0 Å². The van der Waals surface area contributed by atoms with Gasteiger partial charge in [-0.3, -0.25) is 4.79 Å². The molecule has 1 rings (SSSR count). The van der Waals surface area contributed by atoms with Gasteiger partial charge in [0.2, 0.25) is 0 Å². The second-order valence-corrected chi connectivity index (χ2v) is 8.53. The Bertz CT molecular complexity index is 402. The summed E-state index contributed by atoms with van der Waals surface area (Å²) >= 11 is 0. The van der Waals surface area contributed by atoms with Crippen molar-refractivity contribution in [3.05, 3.63) is 12.2 Å². The molecule has 1 heterocycles. The Morgan fingerprint density at radius 2 is 1.59 bits per heavy atom. The van der Waals surface area contributed by atoms with E-state index in [0.29, 0.717) is 0 Å². The minimum Gasteiger partial charge on any atom is -0.481 e. The fourth-order valence-corrected chi connectivity index (χ4v) is 3.89. The third-order valence-corrected chi connectivity index (χ3v) is 5.67. The van der Waals surface area contributed by atoms with Crippen LogP contribution >= 0.6 is 0 Å². The molecular weight excluding hydrogens is 364 g/mol. The van der Waals surface area contributed by atoms with Crippen molar-refractivity contribution < 1.29 is 19.4 Å². The van der Waals surface area contributed by atoms with Gasteiger partial charge in [-0.2, -0.15) is 0 Å². The summed E-state index contributed by atoms with van der Waals surface area (Å²) in [6.45, 7) is 3.00. The normalized spacial score (nSPS) is 18.3. The lowest BCUT2D eigenvalue weighted by Gasteiger charge is -2.27. The number of aliphatic carboxylic acids is 1. The summed E-state index contributed by atoms with van der Waals surface area (Å²) < 4.78 is 11.5. The predicted octanol–water partition coefficient (Wildman–Crippen LogP) is 7.41. The van der Waals surface area contributed by atoms with E-state index < -0.39 is 5.97 Å². The second-order valence-electron chi connectivity index (χ2n) is 8.53. The number of carbonyl (C=O) groups is 1. The van der Waals surface area contributed by atoms with Crippen LogP contribution in [0.4, 0.5) is 0 Å². The molecule has 0 aromatic rings. The number of rotatable bonds is 19. The molecule has 0 aliphatic carbocycles. The van der Waals surface area contributed by atoms with Crippen LogP contribution in [0.1, 0.15) is 122 Å². The summed E-state index contributed by atoms with van der Waals surface area (Å²) in [5, 5.41) is 9.11. The first kappa shape index (κ1) is 26.2. The molecule has 1 fully saturated rings. The van der Waals surface area contributed by atoms with Crippen molar-refractivity contribution in [3.63, 3.8) is 0 Å². The number of carboxylic acids is 1.